The fraction of sp³-hybridized carbons (Fsp3) is 0.208. The Hall–Kier alpha value is -4.05. The summed E-state index contributed by atoms with van der Waals surface area (Å²) in [6.07, 6.45) is 20.6. The molecule has 1 N–H and O–H groups in total. The number of H-pyrrole nitrogens is 1. The van der Waals surface area contributed by atoms with Crippen LogP contribution in [0.1, 0.15) is 36.9 Å². The third-order valence-electron chi connectivity index (χ3n) is 5.89. The van der Waals surface area contributed by atoms with Crippen molar-refractivity contribution in [2.75, 3.05) is 0 Å². The molecule has 2 unspecified atom stereocenters. The predicted molar refractivity (Wildman–Crippen MR) is 118 cm³/mol. The average molecular weight is 407 g/mol. The minimum atomic E-state index is -0.235. The van der Waals surface area contributed by atoms with E-state index in [0.29, 0.717) is 6.42 Å². The lowest BCUT2D eigenvalue weighted by Crippen LogP contribution is -2.21. The van der Waals surface area contributed by atoms with Crippen LogP contribution in [-0.2, 0) is 5.41 Å². The van der Waals surface area contributed by atoms with E-state index in [9.17, 15) is 5.26 Å². The van der Waals surface area contributed by atoms with Crippen molar-refractivity contribution in [1.82, 2.24) is 29.7 Å². The molecule has 0 radical (unpaired) electrons. The van der Waals surface area contributed by atoms with E-state index in [4.69, 9.17) is 0 Å². The number of nitrogens with one attached hydrogen (secondary N) is 1. The molecule has 0 fully saturated rings. The van der Waals surface area contributed by atoms with Crippen molar-refractivity contribution < 1.29 is 0 Å². The Kier molecular flexibility index (Phi) is 4.68. The molecule has 0 saturated heterocycles. The van der Waals surface area contributed by atoms with Crippen LogP contribution >= 0.6 is 0 Å². The van der Waals surface area contributed by atoms with E-state index in [0.717, 1.165) is 39.8 Å². The molecule has 0 aliphatic heterocycles. The van der Waals surface area contributed by atoms with Crippen molar-refractivity contribution in [2.24, 2.45) is 0 Å². The van der Waals surface area contributed by atoms with E-state index in [1.807, 2.05) is 35.5 Å². The quantitative estimate of drug-likeness (QED) is 0.526. The highest BCUT2D eigenvalue weighted by Crippen LogP contribution is 2.34. The molecule has 4 aromatic rings. The van der Waals surface area contributed by atoms with Gasteiger partial charge in [0.2, 0.25) is 0 Å². The summed E-state index contributed by atoms with van der Waals surface area (Å²) in [4.78, 5) is 16.3. The van der Waals surface area contributed by atoms with Gasteiger partial charge in [-0.2, -0.15) is 10.4 Å². The second kappa shape index (κ2) is 7.65. The molecule has 1 aliphatic carbocycles. The molecular weight excluding hydrogens is 386 g/mol. The molecular formula is C24H21N7. The molecule has 152 valence electrons. The first kappa shape index (κ1) is 18.9. The number of hydrogen-bond acceptors (Lipinski definition) is 5. The lowest BCUT2D eigenvalue weighted by Gasteiger charge is -2.28. The Balaban J connectivity index is 1.52. The van der Waals surface area contributed by atoms with Crippen molar-refractivity contribution in [3.05, 3.63) is 84.9 Å². The summed E-state index contributed by atoms with van der Waals surface area (Å²) in [5.41, 5.74) is 4.47. The summed E-state index contributed by atoms with van der Waals surface area (Å²) in [5, 5.41) is 15.0. The van der Waals surface area contributed by atoms with Gasteiger partial charge in [0.05, 0.1) is 30.4 Å². The largest absolute Gasteiger partial charge is 0.346 e. The van der Waals surface area contributed by atoms with Gasteiger partial charge in [0.25, 0.3) is 0 Å². The number of nitriles is 1. The van der Waals surface area contributed by atoms with Gasteiger partial charge in [-0.15, -0.1) is 0 Å². The van der Waals surface area contributed by atoms with Crippen LogP contribution in [0.25, 0.3) is 22.3 Å². The van der Waals surface area contributed by atoms with Crippen LogP contribution in [0.2, 0.25) is 0 Å². The SMILES string of the molecule is CC1(c2cncc(C(CC#N)n3cc(-c4ncnc5[nH]ccc45)cn3)c2)C=CC=CC1. The summed E-state index contributed by atoms with van der Waals surface area (Å²) in [7, 11) is 0. The molecule has 4 aromatic heterocycles. The zero-order valence-corrected chi connectivity index (χ0v) is 17.1. The van der Waals surface area contributed by atoms with Crippen molar-refractivity contribution in [3.63, 3.8) is 0 Å². The number of aromatic nitrogens is 6. The van der Waals surface area contributed by atoms with E-state index >= 15 is 0 Å². The highest BCUT2D eigenvalue weighted by atomic mass is 15.3. The molecule has 0 aromatic carbocycles. The van der Waals surface area contributed by atoms with Crippen molar-refractivity contribution >= 4 is 11.0 Å². The molecule has 0 bridgehead atoms. The number of allylic oxidation sites excluding steroid dienone is 4. The lowest BCUT2D eigenvalue weighted by molar-refractivity contribution is 0.526. The van der Waals surface area contributed by atoms with Crippen LogP contribution in [0.3, 0.4) is 0 Å². The molecule has 0 spiro atoms. The minimum Gasteiger partial charge on any atom is -0.346 e. The molecule has 7 heteroatoms. The van der Waals surface area contributed by atoms with Crippen molar-refractivity contribution in [2.45, 2.75) is 31.2 Å². The van der Waals surface area contributed by atoms with Crippen LogP contribution in [0, 0.1) is 11.3 Å². The smallest absolute Gasteiger partial charge is 0.141 e. The third-order valence-corrected chi connectivity index (χ3v) is 5.89. The van der Waals surface area contributed by atoms with E-state index in [2.05, 4.69) is 68.4 Å². The van der Waals surface area contributed by atoms with Gasteiger partial charge in [-0.1, -0.05) is 31.2 Å². The summed E-state index contributed by atoms with van der Waals surface area (Å²) in [5.74, 6) is 0. The van der Waals surface area contributed by atoms with E-state index in [-0.39, 0.29) is 11.5 Å². The van der Waals surface area contributed by atoms with E-state index in [1.165, 1.54) is 0 Å². The Morgan fingerprint density at radius 2 is 2.19 bits per heavy atom. The maximum atomic E-state index is 9.51. The summed E-state index contributed by atoms with van der Waals surface area (Å²) in [6, 6.07) is 6.17. The first-order valence-corrected chi connectivity index (χ1v) is 10.2. The number of aromatic amines is 1. The highest BCUT2D eigenvalue weighted by Gasteiger charge is 2.26. The molecule has 1 aliphatic rings. The van der Waals surface area contributed by atoms with Crippen molar-refractivity contribution in [1.29, 1.82) is 5.26 Å². The summed E-state index contributed by atoms with van der Waals surface area (Å²) >= 11 is 0. The first-order valence-electron chi connectivity index (χ1n) is 10.2. The van der Waals surface area contributed by atoms with Gasteiger partial charge >= 0.3 is 0 Å². The Labute approximate surface area is 179 Å². The fourth-order valence-electron chi connectivity index (χ4n) is 4.08. The van der Waals surface area contributed by atoms with Gasteiger partial charge in [-0.3, -0.25) is 9.67 Å². The fourth-order valence-corrected chi connectivity index (χ4v) is 4.08. The van der Waals surface area contributed by atoms with Gasteiger partial charge in [0.1, 0.15) is 12.0 Å². The molecule has 0 saturated carbocycles. The maximum absolute atomic E-state index is 9.51. The van der Waals surface area contributed by atoms with Crippen LogP contribution in [0.15, 0.2) is 73.7 Å². The first-order chi connectivity index (χ1) is 15.2. The predicted octanol–water partition coefficient (Wildman–Crippen LogP) is 4.49. The molecule has 7 nitrogen and oxygen atoms in total. The van der Waals surface area contributed by atoms with Crippen LogP contribution < -0.4 is 0 Å². The molecule has 0 amide bonds. The van der Waals surface area contributed by atoms with Gasteiger partial charge in [-0.05, 0) is 29.7 Å². The Morgan fingerprint density at radius 3 is 3.03 bits per heavy atom. The number of nitrogens with zero attached hydrogens (tertiary/aromatic N) is 6. The zero-order chi connectivity index (χ0) is 21.3. The topological polar surface area (TPSA) is 96.1 Å². The average Bonchev–Trinajstić information content (AvgIpc) is 3.48. The lowest BCUT2D eigenvalue weighted by atomic mass is 9.77. The monoisotopic (exact) mass is 407 g/mol. The number of hydrogen-bond donors (Lipinski definition) is 1. The van der Waals surface area contributed by atoms with Gasteiger partial charge < -0.3 is 4.98 Å². The van der Waals surface area contributed by atoms with Crippen molar-refractivity contribution in [3.8, 4) is 17.3 Å². The number of rotatable bonds is 5. The summed E-state index contributed by atoms with van der Waals surface area (Å²) < 4.78 is 1.83. The molecule has 2 atom stereocenters. The zero-order valence-electron chi connectivity index (χ0n) is 17.1. The van der Waals surface area contributed by atoms with E-state index < -0.39 is 0 Å². The third kappa shape index (κ3) is 3.42. The summed E-state index contributed by atoms with van der Waals surface area (Å²) in [6.45, 7) is 2.20. The van der Waals surface area contributed by atoms with Gasteiger partial charge in [0.15, 0.2) is 0 Å². The van der Waals surface area contributed by atoms with Crippen LogP contribution in [0.4, 0.5) is 0 Å². The highest BCUT2D eigenvalue weighted by molar-refractivity contribution is 5.89. The Morgan fingerprint density at radius 1 is 1.26 bits per heavy atom. The van der Waals surface area contributed by atoms with E-state index in [1.54, 1.807) is 12.5 Å². The minimum absolute atomic E-state index is 0.106. The second-order valence-electron chi connectivity index (χ2n) is 7.97. The number of fused-ring (bicyclic) bond motifs is 1. The van der Waals surface area contributed by atoms with Gasteiger partial charge in [-0.25, -0.2) is 9.97 Å². The number of pyridine rings is 1. The molecule has 4 heterocycles. The second-order valence-corrected chi connectivity index (χ2v) is 7.97. The standard InChI is InChI=1S/C24H21N7/c1-24(7-3-2-4-8-24)19-11-17(12-26-14-19)21(5-9-25)31-15-18(13-30-31)22-20-6-10-27-23(20)29-16-28-22/h2-4,6-7,10-16,21H,5,8H2,1H3,(H,27,28,29). The maximum Gasteiger partial charge on any atom is 0.141 e. The van der Waals surface area contributed by atoms with Crippen LogP contribution in [0.5, 0.6) is 0 Å². The van der Waals surface area contributed by atoms with Gasteiger partial charge in [0, 0.05) is 41.2 Å². The molecule has 31 heavy (non-hydrogen) atoms. The van der Waals surface area contributed by atoms with Crippen LogP contribution in [-0.4, -0.2) is 29.7 Å². The Bertz CT molecular complexity index is 1340. The normalized spacial score (nSPS) is 18.8. The molecule has 5 rings (SSSR count).